The molecule has 5 nitrogen and oxygen atoms in total. The lowest BCUT2D eigenvalue weighted by Crippen LogP contribution is -2.43. The van der Waals surface area contributed by atoms with E-state index in [0.29, 0.717) is 6.07 Å². The summed E-state index contributed by atoms with van der Waals surface area (Å²) in [6.07, 6.45) is -4.63. The van der Waals surface area contributed by atoms with E-state index in [9.17, 15) is 26.7 Å². The smallest absolute Gasteiger partial charge is 0.386 e. The van der Waals surface area contributed by atoms with Crippen molar-refractivity contribution in [2.45, 2.75) is 23.6 Å². The van der Waals surface area contributed by atoms with Crippen LogP contribution in [0.25, 0.3) is 0 Å². The molecule has 0 saturated carbocycles. The molecule has 120 valence electrons. The highest BCUT2D eigenvalue weighted by atomic mass is 32.2. The number of alkyl halides is 3. The second-order valence-electron chi connectivity index (χ2n) is 4.78. The van der Waals surface area contributed by atoms with Gasteiger partial charge in [0, 0.05) is 13.7 Å². The molecule has 0 radical (unpaired) electrons. The summed E-state index contributed by atoms with van der Waals surface area (Å²) in [5, 5.41) is 9.78. The normalized spacial score (nSPS) is 15.7. The molecule has 9 heteroatoms. The van der Waals surface area contributed by atoms with Gasteiger partial charge in [-0.05, 0) is 25.1 Å². The van der Waals surface area contributed by atoms with E-state index in [1.165, 1.54) is 14.0 Å². The molecule has 0 spiro atoms. The number of hydrogen-bond acceptors (Lipinski definition) is 4. The average molecular weight is 327 g/mol. The fourth-order valence-corrected chi connectivity index (χ4v) is 2.74. The molecular weight excluding hydrogens is 311 g/mol. The Kier molecular flexibility index (Phi) is 5.37. The first kappa shape index (κ1) is 17.9. The van der Waals surface area contributed by atoms with Gasteiger partial charge in [-0.25, -0.2) is 13.1 Å². The predicted octanol–water partition coefficient (Wildman–Crippen LogP) is 1.38. The van der Waals surface area contributed by atoms with E-state index in [-0.39, 0.29) is 13.2 Å². The van der Waals surface area contributed by atoms with Crippen molar-refractivity contribution in [3.05, 3.63) is 29.8 Å². The zero-order valence-electron chi connectivity index (χ0n) is 11.4. The van der Waals surface area contributed by atoms with Gasteiger partial charge in [0.1, 0.15) is 0 Å². The highest BCUT2D eigenvalue weighted by Gasteiger charge is 2.32. The van der Waals surface area contributed by atoms with Crippen molar-refractivity contribution in [1.29, 1.82) is 0 Å². The zero-order chi connectivity index (χ0) is 16.3. The summed E-state index contributed by atoms with van der Waals surface area (Å²) < 4.78 is 68.3. The molecular formula is C12H16F3NO4S. The number of hydrogen-bond donors (Lipinski definition) is 2. The number of benzene rings is 1. The third-order valence-electron chi connectivity index (χ3n) is 2.57. The largest absolute Gasteiger partial charge is 0.416 e. The Morgan fingerprint density at radius 2 is 1.95 bits per heavy atom. The van der Waals surface area contributed by atoms with Crippen LogP contribution in [0.5, 0.6) is 0 Å². The van der Waals surface area contributed by atoms with Crippen LogP contribution in [0, 0.1) is 0 Å². The summed E-state index contributed by atoms with van der Waals surface area (Å²) >= 11 is 0. The van der Waals surface area contributed by atoms with Crippen LogP contribution in [0.2, 0.25) is 0 Å². The summed E-state index contributed by atoms with van der Waals surface area (Å²) in [5.74, 6) is 0. The zero-order valence-corrected chi connectivity index (χ0v) is 12.3. The molecule has 0 aliphatic rings. The SMILES string of the molecule is COCC(C)(O)CNS(=O)(=O)c1cccc(C(F)(F)F)c1. The second kappa shape index (κ2) is 6.30. The Morgan fingerprint density at radius 1 is 1.33 bits per heavy atom. The minimum atomic E-state index is -4.63. The molecule has 0 aromatic heterocycles. The van der Waals surface area contributed by atoms with Gasteiger partial charge in [-0.3, -0.25) is 0 Å². The van der Waals surface area contributed by atoms with Crippen molar-refractivity contribution in [1.82, 2.24) is 4.72 Å². The maximum atomic E-state index is 12.6. The quantitative estimate of drug-likeness (QED) is 0.828. The van der Waals surface area contributed by atoms with E-state index < -0.39 is 32.3 Å². The Morgan fingerprint density at radius 3 is 2.48 bits per heavy atom. The van der Waals surface area contributed by atoms with Crippen LogP contribution in [0.4, 0.5) is 13.2 Å². The minimum absolute atomic E-state index is 0.127. The van der Waals surface area contributed by atoms with Crippen LogP contribution >= 0.6 is 0 Å². The van der Waals surface area contributed by atoms with E-state index in [1.54, 1.807) is 0 Å². The highest BCUT2D eigenvalue weighted by molar-refractivity contribution is 7.89. The molecule has 0 heterocycles. The van der Waals surface area contributed by atoms with Gasteiger partial charge in [-0.2, -0.15) is 13.2 Å². The highest BCUT2D eigenvalue weighted by Crippen LogP contribution is 2.30. The van der Waals surface area contributed by atoms with E-state index in [1.807, 2.05) is 0 Å². The standard InChI is InChI=1S/C12H16F3NO4S/c1-11(17,8-20-2)7-16-21(18,19)10-5-3-4-9(6-10)12(13,14)15/h3-6,16-17H,7-8H2,1-2H3. The molecule has 1 rings (SSSR count). The summed E-state index contributed by atoms with van der Waals surface area (Å²) in [4.78, 5) is -0.523. The Hall–Kier alpha value is -1.16. The lowest BCUT2D eigenvalue weighted by molar-refractivity contribution is -0.137. The van der Waals surface area contributed by atoms with Crippen molar-refractivity contribution in [2.24, 2.45) is 0 Å². The van der Waals surface area contributed by atoms with Crippen molar-refractivity contribution in [3.63, 3.8) is 0 Å². The fraction of sp³-hybridized carbons (Fsp3) is 0.500. The number of sulfonamides is 1. The molecule has 21 heavy (non-hydrogen) atoms. The van der Waals surface area contributed by atoms with Crippen molar-refractivity contribution >= 4 is 10.0 Å². The first-order valence-electron chi connectivity index (χ1n) is 5.86. The number of rotatable bonds is 6. The molecule has 1 aromatic carbocycles. The van der Waals surface area contributed by atoms with Crippen molar-refractivity contribution in [2.75, 3.05) is 20.3 Å². The van der Waals surface area contributed by atoms with E-state index in [0.717, 1.165) is 18.2 Å². The summed E-state index contributed by atoms with van der Waals surface area (Å²) in [5.41, 5.74) is -2.53. The molecule has 1 unspecified atom stereocenters. The average Bonchev–Trinajstić information content (AvgIpc) is 2.36. The third-order valence-corrected chi connectivity index (χ3v) is 3.97. The second-order valence-corrected chi connectivity index (χ2v) is 6.55. The van der Waals surface area contributed by atoms with E-state index in [2.05, 4.69) is 4.72 Å². The van der Waals surface area contributed by atoms with Gasteiger partial charge in [0.25, 0.3) is 0 Å². The number of halogens is 3. The van der Waals surface area contributed by atoms with Crippen LogP contribution in [-0.4, -0.2) is 39.4 Å². The molecule has 1 atom stereocenters. The maximum Gasteiger partial charge on any atom is 0.416 e. The fourth-order valence-electron chi connectivity index (χ4n) is 1.54. The van der Waals surface area contributed by atoms with Crippen LogP contribution in [0.3, 0.4) is 0 Å². The molecule has 1 aromatic rings. The lowest BCUT2D eigenvalue weighted by atomic mass is 10.1. The third kappa shape index (κ3) is 5.27. The number of nitrogens with one attached hydrogen (secondary N) is 1. The predicted molar refractivity (Wildman–Crippen MR) is 69.1 cm³/mol. The molecule has 0 bridgehead atoms. The van der Waals surface area contributed by atoms with E-state index in [4.69, 9.17) is 4.74 Å². The van der Waals surface area contributed by atoms with Crippen molar-refractivity contribution in [3.8, 4) is 0 Å². The van der Waals surface area contributed by atoms with E-state index >= 15 is 0 Å². The lowest BCUT2D eigenvalue weighted by Gasteiger charge is -2.22. The Labute approximate surface area is 120 Å². The van der Waals surface area contributed by atoms with Gasteiger partial charge in [0.15, 0.2) is 0 Å². The van der Waals surface area contributed by atoms with Gasteiger partial charge in [-0.1, -0.05) is 6.07 Å². The van der Waals surface area contributed by atoms with Crippen LogP contribution in [0.15, 0.2) is 29.2 Å². The monoisotopic (exact) mass is 327 g/mol. The summed E-state index contributed by atoms with van der Waals surface area (Å²) in [6.45, 7) is 0.822. The van der Waals surface area contributed by atoms with Gasteiger partial charge in [0.05, 0.1) is 22.7 Å². The van der Waals surface area contributed by atoms with Gasteiger partial charge in [-0.15, -0.1) is 0 Å². The molecule has 0 aliphatic carbocycles. The Bertz CT molecular complexity index is 584. The maximum absolute atomic E-state index is 12.6. The van der Waals surface area contributed by atoms with Gasteiger partial charge >= 0.3 is 6.18 Å². The molecule has 2 N–H and O–H groups in total. The Balaban J connectivity index is 2.94. The number of aliphatic hydroxyl groups is 1. The molecule has 0 aliphatic heterocycles. The summed E-state index contributed by atoms with van der Waals surface area (Å²) in [6, 6.07) is 3.36. The van der Waals surface area contributed by atoms with Crippen LogP contribution < -0.4 is 4.72 Å². The number of methoxy groups -OCH3 is 1. The van der Waals surface area contributed by atoms with Gasteiger partial charge < -0.3 is 9.84 Å². The molecule has 0 saturated heterocycles. The van der Waals surface area contributed by atoms with Crippen molar-refractivity contribution < 1.29 is 31.4 Å². The molecule has 0 amide bonds. The van der Waals surface area contributed by atoms with Crippen LogP contribution in [-0.2, 0) is 20.9 Å². The minimum Gasteiger partial charge on any atom is -0.386 e. The van der Waals surface area contributed by atoms with Crippen LogP contribution in [0.1, 0.15) is 12.5 Å². The topological polar surface area (TPSA) is 75.6 Å². The van der Waals surface area contributed by atoms with Gasteiger partial charge in [0.2, 0.25) is 10.0 Å². The molecule has 0 fully saturated rings. The first-order valence-corrected chi connectivity index (χ1v) is 7.34. The number of ether oxygens (including phenoxy) is 1. The summed E-state index contributed by atoms with van der Waals surface area (Å²) in [7, 11) is -2.83. The first-order chi connectivity index (χ1) is 9.48.